The Kier molecular flexibility index (Phi) is 5.12. The lowest BCUT2D eigenvalue weighted by Gasteiger charge is -2.13. The summed E-state index contributed by atoms with van der Waals surface area (Å²) in [4.78, 5) is 23.1. The normalized spacial score (nSPS) is 11.1. The molecule has 0 radical (unpaired) electrons. The zero-order valence-corrected chi connectivity index (χ0v) is 11.4. The fourth-order valence-electron chi connectivity index (χ4n) is 1.57. The molecule has 0 fully saturated rings. The summed E-state index contributed by atoms with van der Waals surface area (Å²) in [6.07, 6.45) is -5.49. The molecule has 0 aliphatic rings. The van der Waals surface area contributed by atoms with Crippen LogP contribution < -0.4 is 5.32 Å². The van der Waals surface area contributed by atoms with E-state index in [4.69, 9.17) is 0 Å². The van der Waals surface area contributed by atoms with Gasteiger partial charge in [-0.05, 0) is 12.1 Å². The standard InChI is InChI=1S/C12H14F3N3O3/c1-17(2)11(19)8-3-4-10(18(20)21)9(7-8)16-6-5-12(13,14)15/h3-4,7,16H,5-6H2,1-2H3. The van der Waals surface area contributed by atoms with Crippen molar-refractivity contribution in [2.45, 2.75) is 12.6 Å². The van der Waals surface area contributed by atoms with Gasteiger partial charge in [0.05, 0.1) is 11.3 Å². The molecule has 0 aliphatic carbocycles. The number of halogens is 3. The maximum absolute atomic E-state index is 12.1. The van der Waals surface area contributed by atoms with Gasteiger partial charge < -0.3 is 10.2 Å². The lowest BCUT2D eigenvalue weighted by atomic mass is 10.1. The molecule has 116 valence electrons. The Morgan fingerprint density at radius 3 is 2.48 bits per heavy atom. The van der Waals surface area contributed by atoms with Gasteiger partial charge in [-0.3, -0.25) is 14.9 Å². The van der Waals surface area contributed by atoms with E-state index in [0.29, 0.717) is 0 Å². The summed E-state index contributed by atoms with van der Waals surface area (Å²) in [5, 5.41) is 13.2. The summed E-state index contributed by atoms with van der Waals surface area (Å²) < 4.78 is 36.3. The highest BCUT2D eigenvalue weighted by molar-refractivity contribution is 5.95. The van der Waals surface area contributed by atoms with Gasteiger partial charge in [0.1, 0.15) is 5.69 Å². The van der Waals surface area contributed by atoms with Crippen LogP contribution in [0.15, 0.2) is 18.2 Å². The molecule has 1 aromatic carbocycles. The first-order valence-electron chi connectivity index (χ1n) is 5.92. The van der Waals surface area contributed by atoms with Crippen LogP contribution in [0.4, 0.5) is 24.5 Å². The smallest absolute Gasteiger partial charge is 0.379 e. The van der Waals surface area contributed by atoms with Crippen LogP contribution in [0.5, 0.6) is 0 Å². The molecule has 0 saturated carbocycles. The molecule has 0 spiro atoms. The van der Waals surface area contributed by atoms with Crippen LogP contribution in [0.2, 0.25) is 0 Å². The molecule has 0 saturated heterocycles. The summed E-state index contributed by atoms with van der Waals surface area (Å²) >= 11 is 0. The molecule has 0 aliphatic heterocycles. The molecule has 1 amide bonds. The fourth-order valence-corrected chi connectivity index (χ4v) is 1.57. The summed E-state index contributed by atoms with van der Waals surface area (Å²) in [7, 11) is 3.00. The number of hydrogen-bond acceptors (Lipinski definition) is 4. The monoisotopic (exact) mass is 305 g/mol. The van der Waals surface area contributed by atoms with E-state index in [0.717, 1.165) is 6.07 Å². The number of nitro benzene ring substituents is 1. The average molecular weight is 305 g/mol. The van der Waals surface area contributed by atoms with Crippen molar-refractivity contribution < 1.29 is 22.9 Å². The number of nitro groups is 1. The molecule has 6 nitrogen and oxygen atoms in total. The Balaban J connectivity index is 2.99. The van der Waals surface area contributed by atoms with Crippen molar-refractivity contribution in [1.29, 1.82) is 0 Å². The van der Waals surface area contributed by atoms with Crippen LogP contribution >= 0.6 is 0 Å². The minimum Gasteiger partial charge on any atom is -0.379 e. The van der Waals surface area contributed by atoms with E-state index in [1.165, 1.54) is 31.1 Å². The molecule has 0 heterocycles. The van der Waals surface area contributed by atoms with E-state index in [-0.39, 0.29) is 16.9 Å². The van der Waals surface area contributed by atoms with Crippen molar-refractivity contribution in [3.05, 3.63) is 33.9 Å². The average Bonchev–Trinajstić information content (AvgIpc) is 2.35. The molecule has 21 heavy (non-hydrogen) atoms. The van der Waals surface area contributed by atoms with Crippen molar-refractivity contribution in [2.75, 3.05) is 26.0 Å². The van der Waals surface area contributed by atoms with Crippen LogP contribution in [-0.2, 0) is 0 Å². The Morgan fingerprint density at radius 2 is 2.00 bits per heavy atom. The van der Waals surface area contributed by atoms with Crippen molar-refractivity contribution in [3.8, 4) is 0 Å². The zero-order valence-electron chi connectivity index (χ0n) is 11.4. The number of carbonyl (C=O) groups is 1. The molecule has 1 aromatic rings. The molecule has 0 aromatic heterocycles. The van der Waals surface area contributed by atoms with Crippen molar-refractivity contribution in [3.63, 3.8) is 0 Å². The molecular weight excluding hydrogens is 291 g/mol. The van der Waals surface area contributed by atoms with Crippen LogP contribution in [0.3, 0.4) is 0 Å². The molecular formula is C12H14F3N3O3. The van der Waals surface area contributed by atoms with Crippen LogP contribution in [0, 0.1) is 10.1 Å². The first-order chi connectivity index (χ1) is 9.61. The molecule has 0 unspecified atom stereocenters. The summed E-state index contributed by atoms with van der Waals surface area (Å²) in [5.74, 6) is -0.399. The third kappa shape index (κ3) is 4.93. The minimum atomic E-state index is -4.36. The summed E-state index contributed by atoms with van der Waals surface area (Å²) in [6.45, 7) is -0.510. The van der Waals surface area contributed by atoms with Gasteiger partial charge in [0.25, 0.3) is 11.6 Å². The first kappa shape index (κ1) is 16.7. The Hall–Kier alpha value is -2.32. The van der Waals surface area contributed by atoms with E-state index in [9.17, 15) is 28.1 Å². The van der Waals surface area contributed by atoms with E-state index >= 15 is 0 Å². The van der Waals surface area contributed by atoms with Crippen LogP contribution in [0.1, 0.15) is 16.8 Å². The fraction of sp³-hybridized carbons (Fsp3) is 0.417. The van der Waals surface area contributed by atoms with E-state index < -0.39 is 30.0 Å². The third-order valence-corrected chi connectivity index (χ3v) is 2.57. The van der Waals surface area contributed by atoms with Gasteiger partial charge in [0, 0.05) is 32.3 Å². The van der Waals surface area contributed by atoms with Crippen molar-refractivity contribution >= 4 is 17.3 Å². The third-order valence-electron chi connectivity index (χ3n) is 2.57. The highest BCUT2D eigenvalue weighted by Gasteiger charge is 2.27. The van der Waals surface area contributed by atoms with Gasteiger partial charge in [0.15, 0.2) is 0 Å². The van der Waals surface area contributed by atoms with Gasteiger partial charge in [-0.1, -0.05) is 0 Å². The van der Waals surface area contributed by atoms with E-state index in [1.807, 2.05) is 0 Å². The summed E-state index contributed by atoms with van der Waals surface area (Å²) in [5.41, 5.74) is -0.343. The van der Waals surface area contributed by atoms with Crippen molar-refractivity contribution in [2.24, 2.45) is 0 Å². The lowest BCUT2D eigenvalue weighted by molar-refractivity contribution is -0.384. The number of anilines is 1. The SMILES string of the molecule is CN(C)C(=O)c1ccc([N+](=O)[O-])c(NCCC(F)(F)F)c1. The Morgan fingerprint density at radius 1 is 1.38 bits per heavy atom. The van der Waals surface area contributed by atoms with Gasteiger partial charge in [-0.15, -0.1) is 0 Å². The number of nitrogens with one attached hydrogen (secondary N) is 1. The topological polar surface area (TPSA) is 75.5 Å². The minimum absolute atomic E-state index is 0.114. The van der Waals surface area contributed by atoms with E-state index in [2.05, 4.69) is 5.32 Å². The number of nitrogens with zero attached hydrogens (tertiary/aromatic N) is 2. The molecule has 1 N–H and O–H groups in total. The number of hydrogen-bond donors (Lipinski definition) is 1. The molecule has 0 bridgehead atoms. The maximum Gasteiger partial charge on any atom is 0.390 e. The van der Waals surface area contributed by atoms with Crippen LogP contribution in [0.25, 0.3) is 0 Å². The van der Waals surface area contributed by atoms with Gasteiger partial charge in [-0.25, -0.2) is 0 Å². The van der Waals surface area contributed by atoms with Gasteiger partial charge >= 0.3 is 6.18 Å². The number of carbonyl (C=O) groups excluding carboxylic acids is 1. The highest BCUT2D eigenvalue weighted by Crippen LogP contribution is 2.27. The second-order valence-electron chi connectivity index (χ2n) is 4.48. The largest absolute Gasteiger partial charge is 0.390 e. The van der Waals surface area contributed by atoms with Gasteiger partial charge in [0.2, 0.25) is 0 Å². The highest BCUT2D eigenvalue weighted by atomic mass is 19.4. The zero-order chi connectivity index (χ0) is 16.2. The quantitative estimate of drug-likeness (QED) is 0.670. The molecule has 0 atom stereocenters. The predicted octanol–water partition coefficient (Wildman–Crippen LogP) is 2.66. The number of benzene rings is 1. The van der Waals surface area contributed by atoms with E-state index in [1.54, 1.807) is 0 Å². The Labute approximate surface area is 118 Å². The van der Waals surface area contributed by atoms with Crippen LogP contribution in [-0.4, -0.2) is 42.5 Å². The molecule has 9 heteroatoms. The number of amides is 1. The second-order valence-corrected chi connectivity index (χ2v) is 4.48. The number of alkyl halides is 3. The molecule has 1 rings (SSSR count). The second kappa shape index (κ2) is 6.42. The van der Waals surface area contributed by atoms with Crippen molar-refractivity contribution in [1.82, 2.24) is 4.90 Å². The van der Waals surface area contributed by atoms with Gasteiger partial charge in [-0.2, -0.15) is 13.2 Å². The number of rotatable bonds is 5. The maximum atomic E-state index is 12.1. The predicted molar refractivity (Wildman–Crippen MR) is 70.3 cm³/mol. The summed E-state index contributed by atoms with van der Waals surface area (Å²) in [6, 6.07) is 3.53. The first-order valence-corrected chi connectivity index (χ1v) is 5.92. The Bertz CT molecular complexity index is 544. The lowest BCUT2D eigenvalue weighted by Crippen LogP contribution is -2.22.